The van der Waals surface area contributed by atoms with Crippen molar-refractivity contribution in [1.82, 2.24) is 0 Å². The number of esters is 2. The van der Waals surface area contributed by atoms with Crippen molar-refractivity contribution in [3.05, 3.63) is 48.6 Å². The Morgan fingerprint density at radius 3 is 2.16 bits per heavy atom. The van der Waals surface area contributed by atoms with Gasteiger partial charge in [-0.2, -0.15) is 0 Å². The lowest BCUT2D eigenvalue weighted by atomic mass is 10.1. The molecule has 3 atom stereocenters. The van der Waals surface area contributed by atoms with Crippen molar-refractivity contribution in [3.8, 4) is 0 Å². The van der Waals surface area contributed by atoms with Crippen molar-refractivity contribution in [1.29, 1.82) is 0 Å². The van der Waals surface area contributed by atoms with Gasteiger partial charge in [0.1, 0.15) is 19.3 Å². The number of unbranched alkanes of at least 4 members (excludes halogenated alkanes) is 3. The van der Waals surface area contributed by atoms with E-state index < -0.39 is 30.3 Å². The number of hydrogen-bond donors (Lipinski definition) is 3. The third kappa shape index (κ3) is 21.0. The van der Waals surface area contributed by atoms with Crippen molar-refractivity contribution >= 4 is 11.9 Å². The molecule has 0 heterocycles. The minimum absolute atomic E-state index is 0.120. The van der Waals surface area contributed by atoms with Crippen molar-refractivity contribution in [2.45, 2.75) is 83.5 Å². The van der Waals surface area contributed by atoms with Gasteiger partial charge in [0, 0.05) is 13.3 Å². The molecule has 0 aliphatic heterocycles. The van der Waals surface area contributed by atoms with Gasteiger partial charge in [-0.1, -0.05) is 68.4 Å². The Bertz CT molecular complexity index is 607. The Hall–Kier alpha value is -2.22. The molecule has 0 aromatic heterocycles. The van der Waals surface area contributed by atoms with Crippen LogP contribution < -0.4 is 0 Å². The minimum atomic E-state index is -1.05. The zero-order valence-electron chi connectivity index (χ0n) is 19.4. The molecule has 0 saturated carbocycles. The van der Waals surface area contributed by atoms with Crippen LogP contribution in [0.1, 0.15) is 65.2 Å². The molecule has 32 heavy (non-hydrogen) atoms. The van der Waals surface area contributed by atoms with Crippen LogP contribution in [-0.4, -0.2) is 58.8 Å². The van der Waals surface area contributed by atoms with E-state index in [-0.39, 0.29) is 19.6 Å². The normalized spacial score (nSPS) is 15.0. The van der Waals surface area contributed by atoms with E-state index in [1.54, 1.807) is 36.5 Å². The summed E-state index contributed by atoms with van der Waals surface area (Å²) in [5.41, 5.74) is 0. The molecule has 3 N–H and O–H groups in total. The van der Waals surface area contributed by atoms with Gasteiger partial charge in [-0.25, -0.2) is 0 Å². The van der Waals surface area contributed by atoms with E-state index in [4.69, 9.17) is 4.74 Å². The summed E-state index contributed by atoms with van der Waals surface area (Å²) >= 11 is 0. The highest BCUT2D eigenvalue weighted by molar-refractivity contribution is 5.69. The van der Waals surface area contributed by atoms with Gasteiger partial charge in [-0.05, 0) is 32.1 Å². The van der Waals surface area contributed by atoms with Gasteiger partial charge in [0.2, 0.25) is 0 Å². The van der Waals surface area contributed by atoms with Crippen LogP contribution in [0.4, 0.5) is 0 Å². The SMILES string of the molecule is CCCCC/C=C\C[C@@H](O)/C=C/C=C/C=C\[C@@H](O)CCCC(=O)OC[C@@H](O)COC(C)=O. The number of rotatable bonds is 18. The van der Waals surface area contributed by atoms with Crippen LogP contribution in [0.3, 0.4) is 0 Å². The summed E-state index contributed by atoms with van der Waals surface area (Å²) in [6.07, 6.45) is 18.4. The van der Waals surface area contributed by atoms with Gasteiger partial charge in [0.05, 0.1) is 12.2 Å². The second-order valence-corrected chi connectivity index (χ2v) is 7.52. The summed E-state index contributed by atoms with van der Waals surface area (Å²) < 4.78 is 9.49. The predicted molar refractivity (Wildman–Crippen MR) is 125 cm³/mol. The molecular weight excluding hydrogens is 412 g/mol. The standard InChI is InChI=1S/C25H40O7/c1-3-4-5-6-7-10-14-22(27)15-11-8-9-12-16-23(28)17-13-18-25(30)32-20-24(29)19-31-21(2)26/h7-12,15-16,22-24,27-29H,3-6,13-14,17-20H2,1-2H3/b9-8+,10-7-,15-11+,16-12-/t22-,23-,24+/m1/s1. The maximum absolute atomic E-state index is 11.6. The highest BCUT2D eigenvalue weighted by atomic mass is 16.6. The number of aliphatic hydroxyl groups excluding tert-OH is 3. The van der Waals surface area contributed by atoms with Crippen LogP contribution in [0, 0.1) is 0 Å². The van der Waals surface area contributed by atoms with Crippen molar-refractivity contribution in [2.24, 2.45) is 0 Å². The molecule has 0 rings (SSSR count). The maximum Gasteiger partial charge on any atom is 0.305 e. The van der Waals surface area contributed by atoms with Crippen LogP contribution in [0.15, 0.2) is 48.6 Å². The number of carbonyl (C=O) groups is 2. The van der Waals surface area contributed by atoms with E-state index in [1.165, 1.54) is 26.2 Å². The molecule has 0 aromatic carbocycles. The smallest absolute Gasteiger partial charge is 0.305 e. The fraction of sp³-hybridized carbons (Fsp3) is 0.600. The average molecular weight is 453 g/mol. The molecule has 0 unspecified atom stereocenters. The summed E-state index contributed by atoms with van der Waals surface area (Å²) in [5.74, 6) is -0.996. The molecule has 0 bridgehead atoms. The van der Waals surface area contributed by atoms with Crippen LogP contribution in [0.25, 0.3) is 0 Å². The number of aliphatic hydroxyl groups is 3. The van der Waals surface area contributed by atoms with E-state index in [9.17, 15) is 24.9 Å². The Kier molecular flexibility index (Phi) is 19.2. The molecule has 0 amide bonds. The van der Waals surface area contributed by atoms with Gasteiger partial charge < -0.3 is 24.8 Å². The molecule has 7 heteroatoms. The molecule has 0 aliphatic rings. The molecule has 0 fully saturated rings. The van der Waals surface area contributed by atoms with E-state index in [1.807, 2.05) is 6.08 Å². The zero-order valence-corrected chi connectivity index (χ0v) is 19.4. The zero-order chi connectivity index (χ0) is 24.0. The molecule has 7 nitrogen and oxygen atoms in total. The maximum atomic E-state index is 11.6. The second-order valence-electron chi connectivity index (χ2n) is 7.52. The largest absolute Gasteiger partial charge is 0.463 e. The lowest BCUT2D eigenvalue weighted by molar-refractivity contribution is -0.151. The number of allylic oxidation sites excluding steroid dienone is 5. The predicted octanol–water partition coefficient (Wildman–Crippen LogP) is 3.54. The lowest BCUT2D eigenvalue weighted by Crippen LogP contribution is -2.24. The fourth-order valence-corrected chi connectivity index (χ4v) is 2.53. The summed E-state index contributed by atoms with van der Waals surface area (Å²) in [5, 5.41) is 29.2. The first-order valence-corrected chi connectivity index (χ1v) is 11.3. The van der Waals surface area contributed by atoms with E-state index >= 15 is 0 Å². The molecule has 0 saturated heterocycles. The monoisotopic (exact) mass is 452 g/mol. The topological polar surface area (TPSA) is 113 Å². The highest BCUT2D eigenvalue weighted by Gasteiger charge is 2.11. The lowest BCUT2D eigenvalue weighted by Gasteiger charge is -2.11. The summed E-state index contributed by atoms with van der Waals surface area (Å²) in [7, 11) is 0. The Labute approximate surface area is 192 Å². The first kappa shape index (κ1) is 29.8. The van der Waals surface area contributed by atoms with Gasteiger partial charge >= 0.3 is 11.9 Å². The molecule has 0 radical (unpaired) electrons. The van der Waals surface area contributed by atoms with Gasteiger partial charge in [-0.15, -0.1) is 0 Å². The fourth-order valence-electron chi connectivity index (χ4n) is 2.53. The second kappa shape index (κ2) is 20.7. The van der Waals surface area contributed by atoms with E-state index in [2.05, 4.69) is 17.7 Å². The molecular formula is C25H40O7. The quantitative estimate of drug-likeness (QED) is 0.126. The summed E-state index contributed by atoms with van der Waals surface area (Å²) in [6, 6.07) is 0. The molecule has 182 valence electrons. The minimum Gasteiger partial charge on any atom is -0.463 e. The van der Waals surface area contributed by atoms with Gasteiger partial charge in [0.15, 0.2) is 0 Å². The van der Waals surface area contributed by atoms with Gasteiger partial charge in [0.25, 0.3) is 0 Å². The van der Waals surface area contributed by atoms with Crippen molar-refractivity contribution < 1.29 is 34.4 Å². The first-order chi connectivity index (χ1) is 15.3. The van der Waals surface area contributed by atoms with Crippen molar-refractivity contribution in [3.63, 3.8) is 0 Å². The Morgan fingerprint density at radius 2 is 1.50 bits per heavy atom. The number of hydrogen-bond acceptors (Lipinski definition) is 7. The molecule has 0 aromatic rings. The van der Waals surface area contributed by atoms with Crippen LogP contribution >= 0.6 is 0 Å². The highest BCUT2D eigenvalue weighted by Crippen LogP contribution is 2.05. The van der Waals surface area contributed by atoms with Crippen molar-refractivity contribution in [2.75, 3.05) is 13.2 Å². The molecule has 0 spiro atoms. The number of carbonyl (C=O) groups excluding carboxylic acids is 2. The number of ether oxygens (including phenoxy) is 2. The molecule has 0 aliphatic carbocycles. The third-order valence-electron chi connectivity index (χ3n) is 4.31. The summed E-state index contributed by atoms with van der Waals surface area (Å²) in [4.78, 5) is 22.2. The summed E-state index contributed by atoms with van der Waals surface area (Å²) in [6.45, 7) is 2.94. The van der Waals surface area contributed by atoms with Gasteiger partial charge in [-0.3, -0.25) is 9.59 Å². The average Bonchev–Trinajstić information content (AvgIpc) is 2.75. The first-order valence-electron chi connectivity index (χ1n) is 11.3. The third-order valence-corrected chi connectivity index (χ3v) is 4.31. The van der Waals surface area contributed by atoms with E-state index in [0.29, 0.717) is 19.3 Å². The van der Waals surface area contributed by atoms with Crippen LogP contribution in [0.5, 0.6) is 0 Å². The Balaban J connectivity index is 3.88. The Morgan fingerprint density at radius 1 is 0.844 bits per heavy atom. The van der Waals surface area contributed by atoms with Crippen LogP contribution in [0.2, 0.25) is 0 Å². The van der Waals surface area contributed by atoms with Crippen LogP contribution in [-0.2, 0) is 19.1 Å². The van der Waals surface area contributed by atoms with E-state index in [0.717, 1.165) is 6.42 Å².